The molecule has 3 N–H and O–H groups in total. The molecule has 2 aromatic heterocycles. The van der Waals surface area contributed by atoms with Gasteiger partial charge in [-0.25, -0.2) is 4.98 Å². The normalized spacial score (nSPS) is 22.1. The first-order chi connectivity index (χ1) is 9.72. The summed E-state index contributed by atoms with van der Waals surface area (Å²) in [6.07, 6.45) is 1.63. The van der Waals surface area contributed by atoms with Crippen molar-refractivity contribution in [1.29, 1.82) is 0 Å². The van der Waals surface area contributed by atoms with Crippen LogP contribution in [0.25, 0.3) is 10.8 Å². The van der Waals surface area contributed by atoms with Gasteiger partial charge < -0.3 is 20.2 Å². The van der Waals surface area contributed by atoms with E-state index in [4.69, 9.17) is 4.42 Å². The molecule has 2 unspecified atom stereocenters. The van der Waals surface area contributed by atoms with Crippen LogP contribution in [0.4, 0.5) is 0 Å². The molecule has 1 amide bonds. The zero-order valence-corrected chi connectivity index (χ0v) is 11.5. The molecule has 0 bridgehead atoms. The number of hydrogen-bond acceptors (Lipinski definition) is 6. The topological polar surface area (TPSA) is 87.4 Å². The molecule has 0 spiro atoms. The summed E-state index contributed by atoms with van der Waals surface area (Å²) in [6, 6.07) is 3.36. The molecule has 3 rings (SSSR count). The van der Waals surface area contributed by atoms with Crippen molar-refractivity contribution >= 4 is 17.2 Å². The standard InChI is InChI=1S/C13H15N3O3S/c17-9-4-10(14-6-9)12(18)15-5-8-7-20-13(16-8)11-2-1-3-19-11/h1-3,7,9-10,14,17H,4-6H2,(H,15,18). The van der Waals surface area contributed by atoms with Gasteiger partial charge in [0.05, 0.1) is 30.6 Å². The number of aliphatic hydroxyl groups excluding tert-OH is 1. The van der Waals surface area contributed by atoms with Gasteiger partial charge in [-0.2, -0.15) is 0 Å². The Bertz CT molecular complexity index is 581. The van der Waals surface area contributed by atoms with Crippen LogP contribution >= 0.6 is 11.3 Å². The number of carbonyl (C=O) groups excluding carboxylic acids is 1. The fraction of sp³-hybridized carbons (Fsp3) is 0.385. The molecule has 0 aromatic carbocycles. The van der Waals surface area contributed by atoms with Crippen molar-refractivity contribution in [1.82, 2.24) is 15.6 Å². The Balaban J connectivity index is 1.55. The second kappa shape index (κ2) is 5.74. The van der Waals surface area contributed by atoms with Gasteiger partial charge in [-0.1, -0.05) is 0 Å². The molecular weight excluding hydrogens is 278 g/mol. The molecule has 3 heterocycles. The molecular formula is C13H15N3O3S. The molecule has 106 valence electrons. The highest BCUT2D eigenvalue weighted by molar-refractivity contribution is 7.13. The monoisotopic (exact) mass is 293 g/mol. The van der Waals surface area contributed by atoms with Gasteiger partial charge in [0.25, 0.3) is 0 Å². The molecule has 0 radical (unpaired) electrons. The lowest BCUT2D eigenvalue weighted by Crippen LogP contribution is -2.40. The summed E-state index contributed by atoms with van der Waals surface area (Å²) in [7, 11) is 0. The van der Waals surface area contributed by atoms with Crippen LogP contribution in [0.5, 0.6) is 0 Å². The highest BCUT2D eigenvalue weighted by Gasteiger charge is 2.27. The van der Waals surface area contributed by atoms with E-state index >= 15 is 0 Å². The van der Waals surface area contributed by atoms with Gasteiger partial charge in [0.2, 0.25) is 5.91 Å². The third kappa shape index (κ3) is 2.90. The minimum Gasteiger partial charge on any atom is -0.462 e. The number of amides is 1. The van der Waals surface area contributed by atoms with Crippen LogP contribution in [0.15, 0.2) is 28.2 Å². The summed E-state index contributed by atoms with van der Waals surface area (Å²) in [6.45, 7) is 0.849. The first kappa shape index (κ1) is 13.3. The predicted molar refractivity (Wildman–Crippen MR) is 74.1 cm³/mol. The summed E-state index contributed by atoms with van der Waals surface area (Å²) in [5.41, 5.74) is 0.799. The Morgan fingerprint density at radius 1 is 1.65 bits per heavy atom. The van der Waals surface area contributed by atoms with E-state index in [0.717, 1.165) is 16.5 Å². The lowest BCUT2D eigenvalue weighted by Gasteiger charge is -2.09. The second-order valence-electron chi connectivity index (χ2n) is 4.69. The van der Waals surface area contributed by atoms with Crippen LogP contribution in [0.3, 0.4) is 0 Å². The van der Waals surface area contributed by atoms with Gasteiger partial charge in [-0.15, -0.1) is 11.3 Å². The van der Waals surface area contributed by atoms with Gasteiger partial charge in [-0.3, -0.25) is 4.79 Å². The quantitative estimate of drug-likeness (QED) is 0.774. The predicted octanol–water partition coefficient (Wildman–Crippen LogP) is 0.742. The van der Waals surface area contributed by atoms with Crippen molar-refractivity contribution in [2.24, 2.45) is 0 Å². The van der Waals surface area contributed by atoms with E-state index in [-0.39, 0.29) is 11.9 Å². The first-order valence-electron chi connectivity index (χ1n) is 6.40. The maximum absolute atomic E-state index is 11.9. The smallest absolute Gasteiger partial charge is 0.237 e. The number of rotatable bonds is 4. The number of nitrogens with zero attached hydrogens (tertiary/aromatic N) is 1. The van der Waals surface area contributed by atoms with Crippen molar-refractivity contribution in [3.63, 3.8) is 0 Å². The van der Waals surface area contributed by atoms with Gasteiger partial charge >= 0.3 is 0 Å². The molecule has 2 aromatic rings. The molecule has 1 aliphatic heterocycles. The van der Waals surface area contributed by atoms with Crippen LogP contribution in [-0.2, 0) is 11.3 Å². The maximum Gasteiger partial charge on any atom is 0.237 e. The van der Waals surface area contributed by atoms with Gasteiger partial charge in [0.15, 0.2) is 10.8 Å². The first-order valence-corrected chi connectivity index (χ1v) is 7.28. The van der Waals surface area contributed by atoms with E-state index in [1.165, 1.54) is 11.3 Å². The Kier molecular flexibility index (Phi) is 3.81. The molecule has 2 atom stereocenters. The van der Waals surface area contributed by atoms with E-state index in [0.29, 0.717) is 19.5 Å². The van der Waals surface area contributed by atoms with Crippen molar-refractivity contribution in [2.45, 2.75) is 25.1 Å². The number of nitrogens with one attached hydrogen (secondary N) is 2. The summed E-state index contributed by atoms with van der Waals surface area (Å²) < 4.78 is 5.27. The highest BCUT2D eigenvalue weighted by Crippen LogP contribution is 2.23. The van der Waals surface area contributed by atoms with E-state index in [1.807, 2.05) is 17.5 Å². The number of aliphatic hydroxyl groups is 1. The number of furan rings is 1. The molecule has 1 saturated heterocycles. The molecule has 1 aliphatic rings. The van der Waals surface area contributed by atoms with Crippen LogP contribution < -0.4 is 10.6 Å². The lowest BCUT2D eigenvalue weighted by molar-refractivity contribution is -0.123. The fourth-order valence-electron chi connectivity index (χ4n) is 2.12. The molecule has 20 heavy (non-hydrogen) atoms. The van der Waals surface area contributed by atoms with E-state index < -0.39 is 6.10 Å². The van der Waals surface area contributed by atoms with Crippen LogP contribution in [0.2, 0.25) is 0 Å². The summed E-state index contributed by atoms with van der Waals surface area (Å²) in [4.78, 5) is 16.3. The van der Waals surface area contributed by atoms with Crippen molar-refractivity contribution < 1.29 is 14.3 Å². The minimum absolute atomic E-state index is 0.103. The van der Waals surface area contributed by atoms with Crippen LogP contribution in [0.1, 0.15) is 12.1 Å². The Labute approximate surface area is 119 Å². The summed E-state index contributed by atoms with van der Waals surface area (Å²) >= 11 is 1.48. The molecule has 0 saturated carbocycles. The largest absolute Gasteiger partial charge is 0.462 e. The zero-order valence-electron chi connectivity index (χ0n) is 10.7. The summed E-state index contributed by atoms with van der Waals surface area (Å²) in [5.74, 6) is 0.627. The Morgan fingerprint density at radius 2 is 2.55 bits per heavy atom. The van der Waals surface area contributed by atoms with Gasteiger partial charge in [-0.05, 0) is 18.6 Å². The number of β-amino-alcohol motifs (C(OH)–C–C–N with tert-alkyl or cyclic N) is 1. The van der Waals surface area contributed by atoms with Gasteiger partial charge in [0, 0.05) is 11.9 Å². The van der Waals surface area contributed by atoms with E-state index in [9.17, 15) is 9.90 Å². The average Bonchev–Trinajstić information content (AvgIpc) is 3.16. The number of carbonyl (C=O) groups is 1. The fourth-order valence-corrected chi connectivity index (χ4v) is 2.91. The maximum atomic E-state index is 11.9. The number of aromatic nitrogens is 1. The van der Waals surface area contributed by atoms with Crippen LogP contribution in [0, 0.1) is 0 Å². The number of thiazole rings is 1. The number of hydrogen-bond donors (Lipinski definition) is 3. The lowest BCUT2D eigenvalue weighted by atomic mass is 10.2. The molecule has 1 fully saturated rings. The van der Waals surface area contributed by atoms with Crippen LogP contribution in [-0.4, -0.2) is 34.7 Å². The average molecular weight is 293 g/mol. The molecule has 7 heteroatoms. The highest BCUT2D eigenvalue weighted by atomic mass is 32.1. The minimum atomic E-state index is -0.435. The van der Waals surface area contributed by atoms with Crippen molar-refractivity contribution in [3.8, 4) is 10.8 Å². The zero-order chi connectivity index (χ0) is 13.9. The summed E-state index contributed by atoms with van der Waals surface area (Å²) in [5, 5.41) is 17.9. The Morgan fingerprint density at radius 3 is 3.25 bits per heavy atom. The SMILES string of the molecule is O=C(NCc1csc(-c2ccco2)n1)C1CC(O)CN1. The van der Waals surface area contributed by atoms with E-state index in [1.54, 1.807) is 6.26 Å². The van der Waals surface area contributed by atoms with Crippen molar-refractivity contribution in [3.05, 3.63) is 29.5 Å². The van der Waals surface area contributed by atoms with Gasteiger partial charge in [0.1, 0.15) is 0 Å². The van der Waals surface area contributed by atoms with E-state index in [2.05, 4.69) is 15.6 Å². The molecule has 6 nitrogen and oxygen atoms in total. The third-order valence-corrected chi connectivity index (χ3v) is 4.06. The molecule has 0 aliphatic carbocycles. The van der Waals surface area contributed by atoms with Crippen molar-refractivity contribution in [2.75, 3.05) is 6.54 Å². The Hall–Kier alpha value is -1.70. The third-order valence-electron chi connectivity index (χ3n) is 3.15. The second-order valence-corrected chi connectivity index (χ2v) is 5.55.